The molecule has 0 aromatic heterocycles. The van der Waals surface area contributed by atoms with Gasteiger partial charge >= 0.3 is 6.03 Å². The summed E-state index contributed by atoms with van der Waals surface area (Å²) in [7, 11) is 0. The zero-order chi connectivity index (χ0) is 23.7. The van der Waals surface area contributed by atoms with E-state index in [4.69, 9.17) is 9.73 Å². The molecular weight excluding hydrogens is 431 g/mol. The van der Waals surface area contributed by atoms with Crippen LogP contribution in [-0.2, 0) is 0 Å². The van der Waals surface area contributed by atoms with Crippen LogP contribution in [0.5, 0.6) is 11.5 Å². The number of carbonyl (C=O) groups is 1. The highest BCUT2D eigenvalue weighted by Crippen LogP contribution is 2.39. The van der Waals surface area contributed by atoms with E-state index in [1.54, 1.807) is 17.0 Å². The Balaban J connectivity index is 1.40. The van der Waals surface area contributed by atoms with Crippen molar-refractivity contribution in [3.05, 3.63) is 83.2 Å². The van der Waals surface area contributed by atoms with Crippen LogP contribution >= 0.6 is 0 Å². The number of ether oxygens (including phenoxy) is 1. The lowest BCUT2D eigenvalue weighted by molar-refractivity contribution is 0.214. The van der Waals surface area contributed by atoms with Crippen LogP contribution in [-0.4, -0.2) is 47.8 Å². The Kier molecular flexibility index (Phi) is 5.92. The molecule has 2 aliphatic heterocycles. The van der Waals surface area contributed by atoms with Crippen molar-refractivity contribution >= 4 is 23.2 Å². The first-order valence-electron chi connectivity index (χ1n) is 11.5. The highest BCUT2D eigenvalue weighted by atomic mass is 19.1. The van der Waals surface area contributed by atoms with E-state index in [2.05, 4.69) is 23.2 Å². The smallest absolute Gasteiger partial charge is 0.321 e. The number of amidine groups is 1. The van der Waals surface area contributed by atoms with Crippen LogP contribution in [0.3, 0.4) is 0 Å². The van der Waals surface area contributed by atoms with Gasteiger partial charge in [-0.15, -0.1) is 0 Å². The van der Waals surface area contributed by atoms with Crippen molar-refractivity contribution in [3.8, 4) is 11.5 Å². The van der Waals surface area contributed by atoms with E-state index >= 15 is 0 Å². The van der Waals surface area contributed by atoms with E-state index in [1.807, 2.05) is 37.3 Å². The number of nitrogens with zero attached hydrogens (tertiary/aromatic N) is 3. The Bertz CT molecular complexity index is 1270. The van der Waals surface area contributed by atoms with Crippen LogP contribution in [0.15, 0.2) is 65.7 Å². The molecule has 2 heterocycles. The summed E-state index contributed by atoms with van der Waals surface area (Å²) in [5.41, 5.74) is 4.43. The van der Waals surface area contributed by atoms with Gasteiger partial charge in [0, 0.05) is 31.9 Å². The fourth-order valence-corrected chi connectivity index (χ4v) is 4.34. The first-order chi connectivity index (χ1) is 16.5. The number of benzene rings is 3. The molecule has 2 amide bonds. The summed E-state index contributed by atoms with van der Waals surface area (Å²) in [6.45, 7) is 6.62. The van der Waals surface area contributed by atoms with E-state index < -0.39 is 0 Å². The summed E-state index contributed by atoms with van der Waals surface area (Å²) in [4.78, 5) is 21.9. The molecule has 0 spiro atoms. The lowest BCUT2D eigenvalue weighted by atomic mass is 10.1. The summed E-state index contributed by atoms with van der Waals surface area (Å²) >= 11 is 0. The lowest BCUT2D eigenvalue weighted by Gasteiger charge is -2.25. The van der Waals surface area contributed by atoms with Crippen LogP contribution in [0.1, 0.15) is 23.1 Å². The van der Waals surface area contributed by atoms with Crippen LogP contribution in [0.4, 0.5) is 20.6 Å². The average molecular weight is 459 g/mol. The van der Waals surface area contributed by atoms with Crippen molar-refractivity contribution < 1.29 is 13.9 Å². The summed E-state index contributed by atoms with van der Waals surface area (Å²) in [5.74, 6) is 2.00. The van der Waals surface area contributed by atoms with E-state index in [0.717, 1.165) is 52.7 Å². The van der Waals surface area contributed by atoms with Crippen molar-refractivity contribution in [2.45, 2.75) is 20.3 Å². The molecule has 1 N–H and O–H groups in total. The monoisotopic (exact) mass is 458 g/mol. The van der Waals surface area contributed by atoms with Crippen LogP contribution in [0, 0.1) is 19.7 Å². The number of hydrogen-bond acceptors (Lipinski definition) is 4. The largest absolute Gasteiger partial charge is 0.454 e. The minimum atomic E-state index is -0.377. The van der Waals surface area contributed by atoms with Gasteiger partial charge in [-0.2, -0.15) is 0 Å². The number of urea groups is 1. The molecule has 34 heavy (non-hydrogen) atoms. The summed E-state index contributed by atoms with van der Waals surface area (Å²) in [6.07, 6.45) is 0.790. The number of halogens is 1. The molecule has 1 fully saturated rings. The molecule has 0 unspecified atom stereocenters. The zero-order valence-corrected chi connectivity index (χ0v) is 19.3. The average Bonchev–Trinajstić information content (AvgIpc) is 3.14. The number of hydrogen-bond donors (Lipinski definition) is 1. The van der Waals surface area contributed by atoms with Crippen molar-refractivity contribution in [1.82, 2.24) is 9.80 Å². The van der Waals surface area contributed by atoms with Gasteiger partial charge < -0.3 is 19.9 Å². The molecule has 0 atom stereocenters. The molecule has 3 aromatic rings. The molecule has 5 rings (SSSR count). The molecule has 7 heteroatoms. The van der Waals surface area contributed by atoms with Gasteiger partial charge in [-0.1, -0.05) is 23.8 Å². The van der Waals surface area contributed by atoms with Crippen molar-refractivity contribution in [3.63, 3.8) is 0 Å². The zero-order valence-electron chi connectivity index (χ0n) is 19.3. The van der Waals surface area contributed by atoms with E-state index in [1.165, 1.54) is 12.1 Å². The number of rotatable bonds is 1. The van der Waals surface area contributed by atoms with Gasteiger partial charge in [0.2, 0.25) is 0 Å². The molecule has 0 radical (unpaired) electrons. The molecule has 0 bridgehead atoms. The van der Waals surface area contributed by atoms with Crippen LogP contribution < -0.4 is 10.1 Å². The predicted octanol–water partition coefficient (Wildman–Crippen LogP) is 5.87. The van der Waals surface area contributed by atoms with Gasteiger partial charge in [-0.3, -0.25) is 0 Å². The van der Waals surface area contributed by atoms with Crippen molar-refractivity contribution in [1.29, 1.82) is 0 Å². The lowest BCUT2D eigenvalue weighted by Crippen LogP contribution is -2.39. The molecule has 0 aliphatic carbocycles. The maximum Gasteiger partial charge on any atom is 0.321 e. The van der Waals surface area contributed by atoms with Gasteiger partial charge in [0.25, 0.3) is 0 Å². The normalized spacial score (nSPS) is 15.3. The fourth-order valence-electron chi connectivity index (χ4n) is 4.34. The number of anilines is 1. The van der Waals surface area contributed by atoms with Gasteiger partial charge in [0.1, 0.15) is 23.1 Å². The Hall–Kier alpha value is -3.87. The standard InChI is InChI=1S/C27H27FN4O2/c1-18-8-10-24-22(15-18)26(30-23-9-7-19(2)16-25(23)34-24)31-11-4-12-32(14-13-31)27(33)29-21-6-3-5-20(28)17-21/h3,5-10,15-17H,4,11-14H2,1-2H3,(H,29,33). The third kappa shape index (κ3) is 4.59. The number of amides is 2. The third-order valence-electron chi connectivity index (χ3n) is 6.10. The quantitative estimate of drug-likeness (QED) is 0.496. The minimum absolute atomic E-state index is 0.226. The maximum absolute atomic E-state index is 13.5. The summed E-state index contributed by atoms with van der Waals surface area (Å²) in [5, 5.41) is 2.80. The molecular formula is C27H27FN4O2. The van der Waals surface area contributed by atoms with Gasteiger partial charge in [0.15, 0.2) is 5.75 Å². The van der Waals surface area contributed by atoms with Crippen molar-refractivity contribution in [2.75, 3.05) is 31.5 Å². The fraction of sp³-hybridized carbons (Fsp3) is 0.259. The topological polar surface area (TPSA) is 57.2 Å². The Morgan fingerprint density at radius 1 is 0.941 bits per heavy atom. The second-order valence-electron chi connectivity index (χ2n) is 8.78. The summed E-state index contributed by atoms with van der Waals surface area (Å²) in [6, 6.07) is 17.9. The van der Waals surface area contributed by atoms with Crippen LogP contribution in [0.2, 0.25) is 0 Å². The highest BCUT2D eigenvalue weighted by Gasteiger charge is 2.26. The molecule has 3 aromatic carbocycles. The minimum Gasteiger partial charge on any atom is -0.454 e. The molecule has 174 valence electrons. The Morgan fingerprint density at radius 3 is 2.62 bits per heavy atom. The van der Waals surface area contributed by atoms with Gasteiger partial charge in [-0.05, 0) is 68.3 Å². The van der Waals surface area contributed by atoms with Gasteiger partial charge in [0.05, 0.1) is 5.56 Å². The third-order valence-corrected chi connectivity index (χ3v) is 6.10. The Labute approximate surface area is 198 Å². The molecule has 2 aliphatic rings. The first kappa shape index (κ1) is 21.9. The van der Waals surface area contributed by atoms with Crippen molar-refractivity contribution in [2.24, 2.45) is 4.99 Å². The van der Waals surface area contributed by atoms with Crippen LogP contribution in [0.25, 0.3) is 0 Å². The highest BCUT2D eigenvalue weighted by molar-refractivity contribution is 6.04. The maximum atomic E-state index is 13.5. The number of fused-ring (bicyclic) bond motifs is 2. The molecule has 0 saturated carbocycles. The number of aryl methyl sites for hydroxylation is 2. The number of carbonyl (C=O) groups excluding carboxylic acids is 1. The molecule has 6 nitrogen and oxygen atoms in total. The Morgan fingerprint density at radius 2 is 1.76 bits per heavy atom. The van der Waals surface area contributed by atoms with Gasteiger partial charge in [-0.25, -0.2) is 14.2 Å². The predicted molar refractivity (Wildman–Crippen MR) is 132 cm³/mol. The SMILES string of the molecule is Cc1ccc2c(c1)Oc1ccc(C)cc1C(N1CCCN(C(=O)Nc3cccc(F)c3)CC1)=N2. The number of nitrogens with one attached hydrogen (secondary N) is 1. The summed E-state index contributed by atoms with van der Waals surface area (Å²) < 4.78 is 19.8. The van der Waals surface area contributed by atoms with E-state index in [-0.39, 0.29) is 11.8 Å². The first-order valence-corrected chi connectivity index (χ1v) is 11.5. The second kappa shape index (κ2) is 9.17. The second-order valence-corrected chi connectivity index (χ2v) is 8.78. The number of aliphatic imine (C=N–C) groups is 1. The van der Waals surface area contributed by atoms with E-state index in [9.17, 15) is 9.18 Å². The van der Waals surface area contributed by atoms with E-state index in [0.29, 0.717) is 25.3 Å². The molecule has 1 saturated heterocycles.